The van der Waals surface area contributed by atoms with Gasteiger partial charge in [-0.05, 0) is 24.1 Å². The summed E-state index contributed by atoms with van der Waals surface area (Å²) in [7, 11) is 1.59. The van der Waals surface area contributed by atoms with E-state index in [2.05, 4.69) is 5.16 Å². The first kappa shape index (κ1) is 14.7. The van der Waals surface area contributed by atoms with Crippen LogP contribution in [0.1, 0.15) is 12.5 Å². The number of hydrogen-bond acceptors (Lipinski definition) is 5. The summed E-state index contributed by atoms with van der Waals surface area (Å²) in [4.78, 5) is 0.866. The van der Waals surface area contributed by atoms with Gasteiger partial charge in [-0.2, -0.15) is 0 Å². The lowest BCUT2D eigenvalue weighted by atomic mass is 10.2. The van der Waals surface area contributed by atoms with Gasteiger partial charge in [-0.25, -0.2) is 0 Å². The zero-order chi connectivity index (χ0) is 13.5. The summed E-state index contributed by atoms with van der Waals surface area (Å²) in [6, 6.07) is 5.34. The highest BCUT2D eigenvalue weighted by Crippen LogP contribution is 2.28. The summed E-state index contributed by atoms with van der Waals surface area (Å²) in [5.41, 5.74) is 6.28. The van der Waals surface area contributed by atoms with E-state index in [0.29, 0.717) is 11.3 Å². The third-order valence-electron chi connectivity index (χ3n) is 2.41. The van der Waals surface area contributed by atoms with Gasteiger partial charge >= 0.3 is 0 Å². The van der Waals surface area contributed by atoms with Crippen LogP contribution >= 0.6 is 11.8 Å². The number of nitrogens with two attached hydrogens (primary N) is 1. The Labute approximate surface area is 111 Å². The molecule has 0 aromatic heterocycles. The molecule has 1 rings (SSSR count). The largest absolute Gasteiger partial charge is 0.497 e. The Hall–Kier alpha value is -1.40. The third-order valence-corrected chi connectivity index (χ3v) is 3.79. The minimum atomic E-state index is 0.0665. The van der Waals surface area contributed by atoms with Crippen molar-refractivity contribution in [1.29, 1.82) is 0 Å². The average Bonchev–Trinajstić information content (AvgIpc) is 2.43. The van der Waals surface area contributed by atoms with Crippen LogP contribution in [0.5, 0.6) is 5.75 Å². The second-order valence-corrected chi connectivity index (χ2v) is 5.01. The topological polar surface area (TPSA) is 88.1 Å². The number of amidine groups is 1. The molecule has 0 aliphatic carbocycles. The highest BCUT2D eigenvalue weighted by molar-refractivity contribution is 7.99. The molecule has 4 N–H and O–H groups in total. The van der Waals surface area contributed by atoms with Gasteiger partial charge in [-0.1, -0.05) is 12.1 Å². The number of thioether (sulfide) groups is 1. The Morgan fingerprint density at radius 1 is 1.56 bits per heavy atom. The summed E-state index contributed by atoms with van der Waals surface area (Å²) in [6.07, 6.45) is 0. The van der Waals surface area contributed by atoms with E-state index in [-0.39, 0.29) is 18.4 Å². The van der Waals surface area contributed by atoms with Crippen LogP contribution in [0.3, 0.4) is 0 Å². The normalized spacial score (nSPS) is 13.4. The van der Waals surface area contributed by atoms with Crippen molar-refractivity contribution in [3.8, 4) is 5.75 Å². The number of aliphatic hydroxyl groups excluding tert-OH is 1. The van der Waals surface area contributed by atoms with Gasteiger partial charge < -0.3 is 20.8 Å². The Morgan fingerprint density at radius 3 is 2.83 bits per heavy atom. The second-order valence-electron chi connectivity index (χ2n) is 3.95. The Morgan fingerprint density at radius 2 is 2.28 bits per heavy atom. The zero-order valence-electron chi connectivity index (χ0n) is 10.5. The minimum Gasteiger partial charge on any atom is -0.497 e. The maximum atomic E-state index is 9.01. The first-order valence-corrected chi connectivity index (χ1v) is 6.50. The van der Waals surface area contributed by atoms with Crippen molar-refractivity contribution < 1.29 is 15.1 Å². The molecule has 0 heterocycles. The van der Waals surface area contributed by atoms with Crippen LogP contribution in [0, 0.1) is 5.92 Å². The predicted molar refractivity (Wildman–Crippen MR) is 72.5 cm³/mol. The number of rotatable bonds is 6. The molecule has 100 valence electrons. The fourth-order valence-electron chi connectivity index (χ4n) is 1.30. The van der Waals surface area contributed by atoms with Gasteiger partial charge in [-0.15, -0.1) is 11.8 Å². The van der Waals surface area contributed by atoms with Crippen LogP contribution in [0.15, 0.2) is 28.3 Å². The molecule has 0 amide bonds. The summed E-state index contributed by atoms with van der Waals surface area (Å²) in [5.74, 6) is 1.71. The smallest absolute Gasteiger partial charge is 0.171 e. The van der Waals surface area contributed by atoms with E-state index in [1.165, 1.54) is 0 Å². The van der Waals surface area contributed by atoms with Crippen LogP contribution in [-0.4, -0.2) is 35.6 Å². The Kier molecular flexibility index (Phi) is 5.80. The molecule has 0 spiro atoms. The van der Waals surface area contributed by atoms with Crippen LogP contribution in [-0.2, 0) is 0 Å². The molecular formula is C12H18N2O3S. The van der Waals surface area contributed by atoms with E-state index >= 15 is 0 Å². The van der Waals surface area contributed by atoms with Gasteiger partial charge in [0.15, 0.2) is 5.84 Å². The molecule has 0 fully saturated rings. The monoisotopic (exact) mass is 270 g/mol. The number of ether oxygens (including phenoxy) is 1. The highest BCUT2D eigenvalue weighted by atomic mass is 32.2. The summed E-state index contributed by atoms with van der Waals surface area (Å²) >= 11 is 1.54. The Balaban J connectivity index is 2.97. The lowest BCUT2D eigenvalue weighted by Gasteiger charge is -2.12. The summed E-state index contributed by atoms with van der Waals surface area (Å²) < 4.78 is 5.15. The molecule has 18 heavy (non-hydrogen) atoms. The number of hydrogen-bond donors (Lipinski definition) is 3. The number of aliphatic hydroxyl groups is 1. The predicted octanol–water partition coefficient (Wildman–Crippen LogP) is 1.51. The Bertz CT molecular complexity index is 424. The molecule has 1 unspecified atom stereocenters. The van der Waals surface area contributed by atoms with E-state index in [0.717, 1.165) is 10.6 Å². The van der Waals surface area contributed by atoms with E-state index in [9.17, 15) is 0 Å². The van der Waals surface area contributed by atoms with Gasteiger partial charge in [0, 0.05) is 22.8 Å². The lowest BCUT2D eigenvalue weighted by molar-refractivity contribution is 0.250. The second kappa shape index (κ2) is 7.13. The summed E-state index contributed by atoms with van der Waals surface area (Å²) in [5, 5.41) is 20.8. The summed E-state index contributed by atoms with van der Waals surface area (Å²) in [6.45, 7) is 2.09. The molecule has 6 heteroatoms. The van der Waals surface area contributed by atoms with Crippen LogP contribution < -0.4 is 10.5 Å². The van der Waals surface area contributed by atoms with E-state index in [1.807, 2.05) is 13.0 Å². The molecule has 1 aromatic rings. The van der Waals surface area contributed by atoms with Crippen molar-refractivity contribution in [1.82, 2.24) is 0 Å². The third kappa shape index (κ3) is 3.82. The van der Waals surface area contributed by atoms with Crippen molar-refractivity contribution in [3.05, 3.63) is 23.8 Å². The number of nitrogens with zero attached hydrogens (tertiary/aromatic N) is 1. The SMILES string of the molecule is COc1ccc(/C(N)=N/O)c(SCC(C)CO)c1. The quantitative estimate of drug-likeness (QED) is 0.240. The molecule has 0 aliphatic heterocycles. The van der Waals surface area contributed by atoms with Crippen molar-refractivity contribution in [2.75, 3.05) is 19.5 Å². The molecule has 1 aromatic carbocycles. The van der Waals surface area contributed by atoms with Crippen LogP contribution in [0.4, 0.5) is 0 Å². The maximum absolute atomic E-state index is 9.01. The molecule has 0 bridgehead atoms. The lowest BCUT2D eigenvalue weighted by Crippen LogP contribution is -2.14. The maximum Gasteiger partial charge on any atom is 0.171 e. The van der Waals surface area contributed by atoms with Gasteiger partial charge in [0.25, 0.3) is 0 Å². The van der Waals surface area contributed by atoms with Gasteiger partial charge in [0.05, 0.1) is 7.11 Å². The number of methoxy groups -OCH3 is 1. The molecule has 5 nitrogen and oxygen atoms in total. The zero-order valence-corrected chi connectivity index (χ0v) is 11.3. The van der Waals surface area contributed by atoms with Crippen molar-refractivity contribution in [3.63, 3.8) is 0 Å². The van der Waals surface area contributed by atoms with Gasteiger partial charge in [0.2, 0.25) is 0 Å². The highest BCUT2D eigenvalue weighted by Gasteiger charge is 2.11. The molecule has 0 aliphatic rings. The molecular weight excluding hydrogens is 252 g/mol. The fraction of sp³-hybridized carbons (Fsp3) is 0.417. The minimum absolute atomic E-state index is 0.0665. The standard InChI is InChI=1S/C12H18N2O3S/c1-8(6-15)7-18-11-5-9(17-2)3-4-10(11)12(13)14-16/h3-5,8,15-16H,6-7H2,1-2H3,(H2,13,14). The molecule has 0 saturated heterocycles. The van der Waals surface area contributed by atoms with E-state index in [1.54, 1.807) is 31.0 Å². The molecule has 0 saturated carbocycles. The first-order valence-electron chi connectivity index (χ1n) is 5.52. The van der Waals surface area contributed by atoms with Crippen molar-refractivity contribution in [2.24, 2.45) is 16.8 Å². The van der Waals surface area contributed by atoms with E-state index in [4.69, 9.17) is 20.8 Å². The van der Waals surface area contributed by atoms with Gasteiger partial charge in [-0.3, -0.25) is 0 Å². The van der Waals surface area contributed by atoms with Crippen molar-refractivity contribution in [2.45, 2.75) is 11.8 Å². The van der Waals surface area contributed by atoms with Gasteiger partial charge in [0.1, 0.15) is 5.75 Å². The number of benzene rings is 1. The molecule has 1 atom stereocenters. The average molecular weight is 270 g/mol. The van der Waals surface area contributed by atoms with Crippen LogP contribution in [0.25, 0.3) is 0 Å². The van der Waals surface area contributed by atoms with Crippen molar-refractivity contribution >= 4 is 17.6 Å². The van der Waals surface area contributed by atoms with E-state index < -0.39 is 0 Å². The fourth-order valence-corrected chi connectivity index (χ4v) is 2.40. The molecule has 0 radical (unpaired) electrons. The number of oxime groups is 1. The van der Waals surface area contributed by atoms with Crippen LogP contribution in [0.2, 0.25) is 0 Å². The first-order chi connectivity index (χ1) is 8.62.